The minimum atomic E-state index is 0.423. The fraction of sp³-hybridized carbons (Fsp3) is 1.00. The summed E-state index contributed by atoms with van der Waals surface area (Å²) in [6.07, 6.45) is 0. The molecule has 0 amide bonds. The second kappa shape index (κ2) is 3.37. The lowest BCUT2D eigenvalue weighted by atomic mass is 11.0. The van der Waals surface area contributed by atoms with Gasteiger partial charge in [-0.3, -0.25) is 0 Å². The maximum Gasteiger partial charge on any atom is 0.0668 e. The lowest BCUT2D eigenvalue weighted by molar-refractivity contribution is 1.46. The van der Waals surface area contributed by atoms with Crippen LogP contribution in [0.3, 0.4) is 0 Å². The van der Waals surface area contributed by atoms with Gasteiger partial charge in [0.15, 0.2) is 0 Å². The third-order valence-electron chi connectivity index (χ3n) is 0.154. The lowest BCUT2D eigenvalue weighted by Crippen LogP contribution is -1.76. The van der Waals surface area contributed by atoms with Crippen LogP contribution in [0.1, 0.15) is 0 Å². The Balaban J connectivity index is 2.54. The lowest BCUT2D eigenvalue weighted by Gasteiger charge is -1.85. The number of rotatable bonds is 1. The summed E-state index contributed by atoms with van der Waals surface area (Å²) in [6, 6.07) is 0.944. The number of halogens is 2. The van der Waals surface area contributed by atoms with Crippen molar-refractivity contribution in [1.29, 1.82) is 0 Å². The Morgan fingerprint density at radius 1 is 1.60 bits per heavy atom. The van der Waals surface area contributed by atoms with E-state index in [0.29, 0.717) is 3.74 Å². The van der Waals surface area contributed by atoms with E-state index in [-0.39, 0.29) is 0 Å². The maximum absolute atomic E-state index is 3.26. The summed E-state index contributed by atoms with van der Waals surface area (Å²) in [6.45, 7) is 0. The van der Waals surface area contributed by atoms with Gasteiger partial charge < -0.3 is 0 Å². The molecule has 29 valence electrons. The molecule has 0 aromatic rings. The molecule has 0 N–H and O–H groups in total. The molecule has 0 fully saturated rings. The van der Waals surface area contributed by atoms with Crippen LogP contribution in [0, 0.1) is 0 Å². The Labute approximate surface area is 52.0 Å². The molecule has 0 aliphatic carbocycles. The highest BCUT2D eigenvalue weighted by Crippen LogP contribution is 2.09. The van der Waals surface area contributed by atoms with E-state index >= 15 is 0 Å². The van der Waals surface area contributed by atoms with E-state index in [1.807, 2.05) is 0 Å². The number of alkyl halides is 2. The topological polar surface area (TPSA) is 0 Å². The second-order valence-electron chi connectivity index (χ2n) is 0.595. The van der Waals surface area contributed by atoms with Crippen LogP contribution in [0.25, 0.3) is 0 Å². The fourth-order valence-corrected chi connectivity index (χ4v) is 0. The van der Waals surface area contributed by atoms with Gasteiger partial charge in [-0.25, -0.2) is 0 Å². The molecule has 0 saturated heterocycles. The van der Waals surface area contributed by atoms with Gasteiger partial charge in [0.25, 0.3) is 0 Å². The smallest absolute Gasteiger partial charge is 0.0668 e. The quantitative estimate of drug-likeness (QED) is 0.461. The van der Waals surface area contributed by atoms with Gasteiger partial charge in [-0.2, -0.15) is 0 Å². The van der Waals surface area contributed by atoms with Gasteiger partial charge in [-0.15, -0.1) is 0 Å². The SMILES string of the molecule is [Si]CC(Br)Br. The van der Waals surface area contributed by atoms with Gasteiger partial charge in [-0.05, 0) is 6.04 Å². The summed E-state index contributed by atoms with van der Waals surface area (Å²) in [5.74, 6) is 0. The summed E-state index contributed by atoms with van der Waals surface area (Å²) in [5.41, 5.74) is 0. The summed E-state index contributed by atoms with van der Waals surface area (Å²) >= 11 is 6.48. The van der Waals surface area contributed by atoms with E-state index < -0.39 is 0 Å². The van der Waals surface area contributed by atoms with Crippen LogP contribution in [0.4, 0.5) is 0 Å². The molecule has 0 rings (SSSR count). The van der Waals surface area contributed by atoms with E-state index in [4.69, 9.17) is 0 Å². The van der Waals surface area contributed by atoms with E-state index in [2.05, 4.69) is 42.1 Å². The molecule has 0 bridgehead atoms. The van der Waals surface area contributed by atoms with Crippen LogP contribution in [0.2, 0.25) is 6.04 Å². The molecule has 0 saturated carbocycles. The summed E-state index contributed by atoms with van der Waals surface area (Å²) < 4.78 is 0.423. The van der Waals surface area contributed by atoms with Gasteiger partial charge in [0.1, 0.15) is 0 Å². The molecule has 3 radical (unpaired) electrons. The molecular weight excluding hydrogens is 212 g/mol. The fourth-order valence-electron chi connectivity index (χ4n) is 0. The minimum Gasteiger partial charge on any atom is -0.0768 e. The van der Waals surface area contributed by atoms with Crippen LogP contribution >= 0.6 is 31.9 Å². The Bertz CT molecular complexity index is 21.6. The number of hydrogen-bond donors (Lipinski definition) is 0. The summed E-state index contributed by atoms with van der Waals surface area (Å²) in [4.78, 5) is 0. The Morgan fingerprint density at radius 2 is 1.80 bits per heavy atom. The minimum absolute atomic E-state index is 0.423. The predicted octanol–water partition coefficient (Wildman–Crippen LogP) is 1.69. The van der Waals surface area contributed by atoms with Gasteiger partial charge in [0.05, 0.1) is 3.74 Å². The molecule has 0 heterocycles. The zero-order valence-electron chi connectivity index (χ0n) is 2.54. The molecule has 0 unspecified atom stereocenters. The standard InChI is InChI=1S/C2H3Br2Si/c3-2(4)1-5/h2H,1H2. The molecule has 3 heteroatoms. The van der Waals surface area contributed by atoms with E-state index in [1.54, 1.807) is 0 Å². The average molecular weight is 215 g/mol. The average Bonchev–Trinajstić information content (AvgIpc) is 1.38. The third kappa shape index (κ3) is 5.18. The van der Waals surface area contributed by atoms with Crippen LogP contribution < -0.4 is 0 Å². The largest absolute Gasteiger partial charge is 0.0768 e. The number of hydrogen-bond acceptors (Lipinski definition) is 0. The Hall–Kier alpha value is 1.18. The molecule has 0 aromatic carbocycles. The van der Waals surface area contributed by atoms with Crippen molar-refractivity contribution in [2.75, 3.05) is 0 Å². The Kier molecular flexibility index (Phi) is 4.16. The van der Waals surface area contributed by atoms with Gasteiger partial charge in [-0.1, -0.05) is 31.9 Å². The highest BCUT2D eigenvalue weighted by Gasteiger charge is 1.85. The molecule has 0 aliphatic rings. The second-order valence-corrected chi connectivity index (χ2v) is 4.44. The van der Waals surface area contributed by atoms with Crippen LogP contribution in [-0.4, -0.2) is 14.0 Å². The van der Waals surface area contributed by atoms with Crippen LogP contribution in [-0.2, 0) is 0 Å². The van der Waals surface area contributed by atoms with Crippen LogP contribution in [0.5, 0.6) is 0 Å². The van der Waals surface area contributed by atoms with Crippen molar-refractivity contribution in [2.24, 2.45) is 0 Å². The first-order valence-corrected chi connectivity index (χ1v) is 3.74. The van der Waals surface area contributed by atoms with E-state index in [9.17, 15) is 0 Å². The molecule has 0 nitrogen and oxygen atoms in total. The third-order valence-corrected chi connectivity index (χ3v) is 2.41. The monoisotopic (exact) mass is 213 g/mol. The predicted molar refractivity (Wildman–Crippen MR) is 32.2 cm³/mol. The van der Waals surface area contributed by atoms with Crippen molar-refractivity contribution in [3.05, 3.63) is 0 Å². The maximum atomic E-state index is 3.26. The molecule has 0 aliphatic heterocycles. The first kappa shape index (κ1) is 6.18. The van der Waals surface area contributed by atoms with E-state index in [0.717, 1.165) is 6.04 Å². The van der Waals surface area contributed by atoms with Crippen molar-refractivity contribution < 1.29 is 0 Å². The highest BCUT2D eigenvalue weighted by molar-refractivity contribution is 9.24. The Morgan fingerprint density at radius 3 is 1.80 bits per heavy atom. The van der Waals surface area contributed by atoms with Crippen molar-refractivity contribution in [1.82, 2.24) is 0 Å². The van der Waals surface area contributed by atoms with Crippen molar-refractivity contribution in [3.63, 3.8) is 0 Å². The van der Waals surface area contributed by atoms with Gasteiger partial charge >= 0.3 is 0 Å². The molecular formula is C2H3Br2Si. The molecule has 0 atom stereocenters. The van der Waals surface area contributed by atoms with Gasteiger partial charge in [0, 0.05) is 10.2 Å². The van der Waals surface area contributed by atoms with Crippen LogP contribution in [0.15, 0.2) is 0 Å². The first-order chi connectivity index (χ1) is 2.27. The van der Waals surface area contributed by atoms with Gasteiger partial charge in [0.2, 0.25) is 0 Å². The zero-order chi connectivity index (χ0) is 4.28. The summed E-state index contributed by atoms with van der Waals surface area (Å²) in [7, 11) is 3.26. The van der Waals surface area contributed by atoms with Crippen molar-refractivity contribution in [3.8, 4) is 0 Å². The molecule has 0 aromatic heterocycles. The molecule has 5 heavy (non-hydrogen) atoms. The van der Waals surface area contributed by atoms with Crippen molar-refractivity contribution >= 4 is 42.1 Å². The molecule has 0 spiro atoms. The highest BCUT2D eigenvalue weighted by atomic mass is 79.9. The van der Waals surface area contributed by atoms with Crippen molar-refractivity contribution in [2.45, 2.75) is 9.78 Å². The van der Waals surface area contributed by atoms with E-state index in [1.165, 1.54) is 0 Å². The first-order valence-electron chi connectivity index (χ1n) is 1.20. The zero-order valence-corrected chi connectivity index (χ0v) is 6.71. The summed E-state index contributed by atoms with van der Waals surface area (Å²) in [5, 5.41) is 0. The normalized spacial score (nSPS) is 9.60.